The zero-order chi connectivity index (χ0) is 18.8. The third-order valence-corrected chi connectivity index (χ3v) is 5.48. The van der Waals surface area contributed by atoms with Crippen LogP contribution in [0.1, 0.15) is 10.4 Å². The van der Waals surface area contributed by atoms with Gasteiger partial charge in [-0.2, -0.15) is 5.10 Å². The van der Waals surface area contributed by atoms with E-state index in [1.165, 1.54) is 11.3 Å². The van der Waals surface area contributed by atoms with Gasteiger partial charge in [-0.25, -0.2) is 4.68 Å². The number of carbonyl (C=O) groups is 1. The van der Waals surface area contributed by atoms with Crippen molar-refractivity contribution < 1.29 is 4.79 Å². The highest BCUT2D eigenvalue weighted by Gasteiger charge is 2.20. The van der Waals surface area contributed by atoms with Crippen LogP contribution in [0.15, 0.2) is 72.9 Å². The molecule has 0 radical (unpaired) electrons. The number of hydrogen-bond donors (Lipinski definition) is 1. The Balaban J connectivity index is 1.77. The van der Waals surface area contributed by atoms with E-state index in [9.17, 15) is 4.79 Å². The number of nitrogens with zero attached hydrogens (tertiary/aromatic N) is 2. The molecule has 2 aromatic heterocycles. The normalized spacial score (nSPS) is 10.7. The first kappa shape index (κ1) is 17.8. The first-order valence-electron chi connectivity index (χ1n) is 8.08. The van der Waals surface area contributed by atoms with E-state index in [0.717, 1.165) is 10.6 Å². The summed E-state index contributed by atoms with van der Waals surface area (Å²) in [5.41, 5.74) is 2.42. The van der Waals surface area contributed by atoms with Crippen molar-refractivity contribution in [2.75, 3.05) is 5.32 Å². The molecule has 0 fully saturated rings. The van der Waals surface area contributed by atoms with Gasteiger partial charge in [-0.1, -0.05) is 53.5 Å². The van der Waals surface area contributed by atoms with E-state index in [1.54, 1.807) is 29.1 Å². The van der Waals surface area contributed by atoms with Gasteiger partial charge in [0.05, 0.1) is 31.2 Å². The van der Waals surface area contributed by atoms with Gasteiger partial charge in [0.1, 0.15) is 5.69 Å². The molecule has 2 heterocycles. The van der Waals surface area contributed by atoms with E-state index in [1.807, 2.05) is 48.5 Å². The van der Waals surface area contributed by atoms with Crippen molar-refractivity contribution in [3.8, 4) is 16.3 Å². The van der Waals surface area contributed by atoms with Gasteiger partial charge in [-0.05, 0) is 36.4 Å². The topological polar surface area (TPSA) is 46.9 Å². The Bertz CT molecular complexity index is 1110. The highest BCUT2D eigenvalue weighted by Crippen LogP contribution is 2.33. The first-order chi connectivity index (χ1) is 13.1. The number of hydrogen-bond acceptors (Lipinski definition) is 3. The number of nitrogens with one attached hydrogen (secondary N) is 1. The van der Waals surface area contributed by atoms with Gasteiger partial charge < -0.3 is 5.32 Å². The molecule has 0 unspecified atom stereocenters. The summed E-state index contributed by atoms with van der Waals surface area (Å²) < 4.78 is 2.32. The van der Waals surface area contributed by atoms with Crippen LogP contribution < -0.4 is 5.32 Å². The molecule has 0 bridgehead atoms. The smallest absolute Gasteiger partial charge is 0.259 e. The molecule has 0 aliphatic heterocycles. The van der Waals surface area contributed by atoms with Crippen molar-refractivity contribution in [2.24, 2.45) is 0 Å². The Morgan fingerprint density at radius 3 is 2.41 bits per heavy atom. The zero-order valence-electron chi connectivity index (χ0n) is 13.9. The van der Waals surface area contributed by atoms with Gasteiger partial charge in [0.15, 0.2) is 0 Å². The van der Waals surface area contributed by atoms with Gasteiger partial charge in [-0.15, -0.1) is 11.3 Å². The first-order valence-corrected chi connectivity index (χ1v) is 9.66. The van der Waals surface area contributed by atoms with Gasteiger partial charge >= 0.3 is 0 Å². The number of aromatic nitrogens is 2. The average molecular weight is 414 g/mol. The molecule has 0 aliphatic rings. The summed E-state index contributed by atoms with van der Waals surface area (Å²) in [5.74, 6) is -0.287. The van der Waals surface area contributed by atoms with E-state index in [2.05, 4.69) is 10.4 Å². The predicted octanol–water partition coefficient (Wildman–Crippen LogP) is 6.16. The second kappa shape index (κ2) is 7.56. The van der Waals surface area contributed by atoms with Crippen LogP contribution in [0.5, 0.6) is 0 Å². The van der Waals surface area contributed by atoms with Crippen LogP contribution in [0, 0.1) is 0 Å². The summed E-state index contributed by atoms with van der Waals surface area (Å²) in [7, 11) is 0. The summed E-state index contributed by atoms with van der Waals surface area (Å²) in [6, 6.07) is 20.4. The lowest BCUT2D eigenvalue weighted by Gasteiger charge is -2.06. The highest BCUT2D eigenvalue weighted by atomic mass is 35.5. The van der Waals surface area contributed by atoms with Crippen molar-refractivity contribution in [1.82, 2.24) is 9.78 Å². The minimum Gasteiger partial charge on any atom is -0.321 e. The molecule has 0 atom stereocenters. The lowest BCUT2D eigenvalue weighted by molar-refractivity contribution is 0.102. The maximum absolute atomic E-state index is 13.0. The summed E-state index contributed by atoms with van der Waals surface area (Å²) in [4.78, 5) is 13.8. The van der Waals surface area contributed by atoms with Gasteiger partial charge in [-0.3, -0.25) is 4.79 Å². The number of para-hydroxylation sites is 2. The number of benzene rings is 2. The molecule has 1 amide bonds. The number of rotatable bonds is 4. The van der Waals surface area contributed by atoms with Gasteiger partial charge in [0, 0.05) is 6.20 Å². The van der Waals surface area contributed by atoms with Crippen molar-refractivity contribution in [2.45, 2.75) is 0 Å². The van der Waals surface area contributed by atoms with Crippen LogP contribution in [-0.4, -0.2) is 15.7 Å². The molecule has 4 aromatic rings. The minimum absolute atomic E-state index is 0.287. The Morgan fingerprint density at radius 2 is 1.70 bits per heavy atom. The van der Waals surface area contributed by atoms with Crippen molar-refractivity contribution in [3.63, 3.8) is 0 Å². The quantitative estimate of drug-likeness (QED) is 0.435. The largest absolute Gasteiger partial charge is 0.321 e. The molecule has 4 rings (SSSR count). The van der Waals surface area contributed by atoms with E-state index in [0.29, 0.717) is 26.3 Å². The molecule has 134 valence electrons. The molecule has 0 saturated heterocycles. The van der Waals surface area contributed by atoms with Crippen LogP contribution in [-0.2, 0) is 0 Å². The van der Waals surface area contributed by atoms with Crippen molar-refractivity contribution in [3.05, 3.63) is 87.8 Å². The van der Waals surface area contributed by atoms with Gasteiger partial charge in [0.25, 0.3) is 5.91 Å². The van der Waals surface area contributed by atoms with Crippen LogP contribution in [0.4, 0.5) is 5.69 Å². The third kappa shape index (κ3) is 3.76. The Labute approximate surface area is 170 Å². The second-order valence-corrected chi connectivity index (χ2v) is 7.83. The summed E-state index contributed by atoms with van der Waals surface area (Å²) in [6.45, 7) is 0. The molecular weight excluding hydrogens is 401 g/mol. The number of halogens is 2. The molecule has 27 heavy (non-hydrogen) atoms. The molecule has 7 heteroatoms. The Hall–Kier alpha value is -2.60. The Kier molecular flexibility index (Phi) is 4.99. The molecule has 0 saturated carbocycles. The summed E-state index contributed by atoms with van der Waals surface area (Å²) in [6.07, 6.45) is 1.71. The van der Waals surface area contributed by atoms with Crippen LogP contribution >= 0.6 is 34.5 Å². The second-order valence-electron chi connectivity index (χ2n) is 5.71. The third-order valence-electron chi connectivity index (χ3n) is 3.91. The van der Waals surface area contributed by atoms with Gasteiger partial charge in [0.2, 0.25) is 0 Å². The van der Waals surface area contributed by atoms with Crippen LogP contribution in [0.25, 0.3) is 16.3 Å². The fourth-order valence-electron chi connectivity index (χ4n) is 2.63. The van der Waals surface area contributed by atoms with Crippen molar-refractivity contribution in [1.29, 1.82) is 0 Å². The molecule has 4 nitrogen and oxygen atoms in total. The van der Waals surface area contributed by atoms with Crippen LogP contribution in [0.3, 0.4) is 0 Å². The number of thiophene rings is 1. The Morgan fingerprint density at radius 1 is 0.963 bits per heavy atom. The fraction of sp³-hybridized carbons (Fsp3) is 0. The summed E-state index contributed by atoms with van der Waals surface area (Å²) in [5, 5.41) is 7.95. The summed E-state index contributed by atoms with van der Waals surface area (Å²) >= 11 is 13.6. The lowest BCUT2D eigenvalue weighted by Crippen LogP contribution is -2.12. The molecule has 2 aromatic carbocycles. The standard InChI is InChI=1S/C20H13Cl2N3OS/c21-15-8-4-5-9-16(15)23-20(26)14-12-25(13-6-2-1-3-7-13)24-19(14)17-10-11-18(22)27-17/h1-12H,(H,23,26). The molecule has 0 aliphatic carbocycles. The number of carbonyl (C=O) groups excluding carboxylic acids is 1. The maximum atomic E-state index is 13.0. The van der Waals surface area contributed by atoms with E-state index < -0.39 is 0 Å². The predicted molar refractivity (Wildman–Crippen MR) is 111 cm³/mol. The fourth-order valence-corrected chi connectivity index (χ4v) is 3.85. The lowest BCUT2D eigenvalue weighted by atomic mass is 10.2. The van der Waals surface area contributed by atoms with Crippen molar-refractivity contribution >= 4 is 46.1 Å². The zero-order valence-corrected chi connectivity index (χ0v) is 16.2. The SMILES string of the molecule is O=C(Nc1ccccc1Cl)c1cn(-c2ccccc2)nc1-c1ccc(Cl)s1. The number of amides is 1. The minimum atomic E-state index is -0.287. The van der Waals surface area contributed by atoms with E-state index in [4.69, 9.17) is 23.2 Å². The van der Waals surface area contributed by atoms with E-state index >= 15 is 0 Å². The average Bonchev–Trinajstić information content (AvgIpc) is 3.31. The number of anilines is 1. The monoisotopic (exact) mass is 413 g/mol. The maximum Gasteiger partial charge on any atom is 0.259 e. The molecule has 1 N–H and O–H groups in total. The highest BCUT2D eigenvalue weighted by molar-refractivity contribution is 7.19. The van der Waals surface area contributed by atoms with Crippen LogP contribution in [0.2, 0.25) is 9.36 Å². The molecule has 0 spiro atoms. The molecular formula is C20H13Cl2N3OS. The van der Waals surface area contributed by atoms with E-state index in [-0.39, 0.29) is 5.91 Å².